The number of aryl methyl sites for hydroxylation is 1. The average Bonchev–Trinajstić information content (AvgIpc) is 2.84. The molecule has 2 nitrogen and oxygen atoms in total. The fourth-order valence-electron chi connectivity index (χ4n) is 1.39. The summed E-state index contributed by atoms with van der Waals surface area (Å²) in [5.41, 5.74) is 1.14. The minimum Gasteiger partial charge on any atom is -0.304 e. The highest BCUT2D eigenvalue weighted by atomic mass is 32.1. The maximum Gasteiger partial charge on any atom is 0.0897 e. The molecule has 15 heavy (non-hydrogen) atoms. The largest absolute Gasteiger partial charge is 0.304 e. The molecular formula is C11H14N2S2. The Hall–Kier alpha value is -0.710. The zero-order valence-electron chi connectivity index (χ0n) is 8.86. The van der Waals surface area contributed by atoms with E-state index in [1.807, 2.05) is 6.92 Å². The van der Waals surface area contributed by atoms with Crippen LogP contribution in [0.3, 0.4) is 0 Å². The van der Waals surface area contributed by atoms with Crippen molar-refractivity contribution in [2.45, 2.75) is 26.4 Å². The van der Waals surface area contributed by atoms with Gasteiger partial charge in [0.25, 0.3) is 0 Å². The van der Waals surface area contributed by atoms with Crippen LogP contribution in [0.2, 0.25) is 0 Å². The van der Waals surface area contributed by atoms with Crippen molar-refractivity contribution in [1.29, 1.82) is 0 Å². The van der Waals surface area contributed by atoms with Crippen LogP contribution in [0.1, 0.15) is 28.5 Å². The molecule has 0 radical (unpaired) electrons. The molecule has 1 unspecified atom stereocenters. The molecule has 2 rings (SSSR count). The predicted octanol–water partition coefficient (Wildman–Crippen LogP) is 3.36. The smallest absolute Gasteiger partial charge is 0.0897 e. The van der Waals surface area contributed by atoms with E-state index in [0.717, 1.165) is 17.2 Å². The molecule has 1 N–H and O–H groups in total. The lowest BCUT2D eigenvalue weighted by molar-refractivity contribution is 0.576. The van der Waals surface area contributed by atoms with E-state index in [9.17, 15) is 0 Å². The van der Waals surface area contributed by atoms with Gasteiger partial charge in [-0.25, -0.2) is 4.98 Å². The SMILES string of the molecule is Cc1nc(CNC(C)c2cccs2)cs1. The molecule has 0 aliphatic rings. The lowest BCUT2D eigenvalue weighted by atomic mass is 10.2. The maximum atomic E-state index is 4.42. The van der Waals surface area contributed by atoms with E-state index >= 15 is 0 Å². The van der Waals surface area contributed by atoms with Gasteiger partial charge in [-0.15, -0.1) is 22.7 Å². The number of nitrogens with one attached hydrogen (secondary N) is 1. The standard InChI is InChI=1S/C11H14N2S2/c1-8(11-4-3-5-14-11)12-6-10-7-15-9(2)13-10/h3-5,7-8,12H,6H2,1-2H3. The number of hydrogen-bond acceptors (Lipinski definition) is 4. The Morgan fingerprint density at radius 3 is 2.93 bits per heavy atom. The lowest BCUT2D eigenvalue weighted by Gasteiger charge is -2.10. The minimum atomic E-state index is 0.409. The van der Waals surface area contributed by atoms with Crippen molar-refractivity contribution < 1.29 is 0 Å². The predicted molar refractivity (Wildman–Crippen MR) is 66.4 cm³/mol. The highest BCUT2D eigenvalue weighted by molar-refractivity contribution is 7.10. The summed E-state index contributed by atoms with van der Waals surface area (Å²) in [6.45, 7) is 5.07. The third-order valence-electron chi connectivity index (χ3n) is 2.23. The Balaban J connectivity index is 1.88. The van der Waals surface area contributed by atoms with E-state index in [2.05, 4.69) is 40.1 Å². The highest BCUT2D eigenvalue weighted by Gasteiger charge is 2.06. The molecule has 0 fully saturated rings. The number of thiazole rings is 1. The zero-order valence-corrected chi connectivity index (χ0v) is 10.5. The third kappa shape index (κ3) is 2.87. The molecule has 2 heterocycles. The minimum absolute atomic E-state index is 0.409. The number of rotatable bonds is 4. The van der Waals surface area contributed by atoms with Crippen LogP contribution in [-0.2, 0) is 6.54 Å². The molecule has 0 aliphatic carbocycles. The molecule has 0 aliphatic heterocycles. The molecule has 0 saturated heterocycles. The van der Waals surface area contributed by atoms with E-state index in [0.29, 0.717) is 6.04 Å². The summed E-state index contributed by atoms with van der Waals surface area (Å²) >= 11 is 3.50. The Bertz CT molecular complexity index is 406. The van der Waals surface area contributed by atoms with Crippen molar-refractivity contribution in [2.24, 2.45) is 0 Å². The van der Waals surface area contributed by atoms with Gasteiger partial charge in [0.2, 0.25) is 0 Å². The van der Waals surface area contributed by atoms with Gasteiger partial charge in [-0.05, 0) is 25.3 Å². The Kier molecular flexibility index (Phi) is 3.51. The summed E-state index contributed by atoms with van der Waals surface area (Å²) in [4.78, 5) is 5.80. The third-order valence-corrected chi connectivity index (χ3v) is 4.10. The Morgan fingerprint density at radius 1 is 1.47 bits per heavy atom. The van der Waals surface area contributed by atoms with E-state index in [1.165, 1.54) is 4.88 Å². The van der Waals surface area contributed by atoms with E-state index in [4.69, 9.17) is 0 Å². The molecule has 80 valence electrons. The second-order valence-electron chi connectivity index (χ2n) is 3.48. The average molecular weight is 238 g/mol. The second kappa shape index (κ2) is 4.88. The van der Waals surface area contributed by atoms with E-state index < -0.39 is 0 Å². The van der Waals surface area contributed by atoms with Crippen molar-refractivity contribution in [2.75, 3.05) is 0 Å². The van der Waals surface area contributed by atoms with Crippen molar-refractivity contribution in [3.8, 4) is 0 Å². The van der Waals surface area contributed by atoms with Crippen LogP contribution in [0.25, 0.3) is 0 Å². The first-order valence-electron chi connectivity index (χ1n) is 4.93. The first kappa shape index (κ1) is 10.8. The topological polar surface area (TPSA) is 24.9 Å². The monoisotopic (exact) mass is 238 g/mol. The van der Waals surface area contributed by atoms with Gasteiger partial charge >= 0.3 is 0 Å². The molecule has 0 saturated carbocycles. The van der Waals surface area contributed by atoms with Gasteiger partial charge in [-0.1, -0.05) is 6.07 Å². The lowest BCUT2D eigenvalue weighted by Crippen LogP contribution is -2.17. The van der Waals surface area contributed by atoms with E-state index in [-0.39, 0.29) is 0 Å². The van der Waals surface area contributed by atoms with Gasteiger partial charge in [0.15, 0.2) is 0 Å². The summed E-state index contributed by atoms with van der Waals surface area (Å²) in [5.74, 6) is 0. The molecule has 0 spiro atoms. The molecule has 1 atom stereocenters. The number of thiophene rings is 1. The van der Waals surface area contributed by atoms with Crippen LogP contribution in [0.15, 0.2) is 22.9 Å². The molecule has 0 amide bonds. The van der Waals surface area contributed by atoms with Crippen LogP contribution < -0.4 is 5.32 Å². The van der Waals surface area contributed by atoms with Gasteiger partial charge in [0.05, 0.1) is 10.7 Å². The molecule has 0 bridgehead atoms. The number of nitrogens with zero attached hydrogens (tertiary/aromatic N) is 1. The summed E-state index contributed by atoms with van der Waals surface area (Å²) in [6.07, 6.45) is 0. The maximum absolute atomic E-state index is 4.42. The number of hydrogen-bond donors (Lipinski definition) is 1. The van der Waals surface area contributed by atoms with E-state index in [1.54, 1.807) is 22.7 Å². The van der Waals surface area contributed by atoms with Crippen molar-refractivity contribution in [1.82, 2.24) is 10.3 Å². The van der Waals surface area contributed by atoms with Crippen LogP contribution >= 0.6 is 22.7 Å². The summed E-state index contributed by atoms with van der Waals surface area (Å²) in [7, 11) is 0. The second-order valence-corrected chi connectivity index (χ2v) is 5.52. The normalized spacial score (nSPS) is 12.9. The summed E-state index contributed by atoms with van der Waals surface area (Å²) in [6, 6.07) is 4.66. The summed E-state index contributed by atoms with van der Waals surface area (Å²) in [5, 5.41) is 8.83. The van der Waals surface area contributed by atoms with Crippen molar-refractivity contribution >= 4 is 22.7 Å². The zero-order chi connectivity index (χ0) is 10.7. The Morgan fingerprint density at radius 2 is 2.33 bits per heavy atom. The van der Waals surface area contributed by atoms with Crippen LogP contribution in [0, 0.1) is 6.92 Å². The van der Waals surface area contributed by atoms with Gasteiger partial charge < -0.3 is 5.32 Å². The molecule has 4 heteroatoms. The summed E-state index contributed by atoms with van der Waals surface area (Å²) < 4.78 is 0. The Labute approximate surface area is 98.0 Å². The highest BCUT2D eigenvalue weighted by Crippen LogP contribution is 2.18. The van der Waals surface area contributed by atoms with Gasteiger partial charge in [0, 0.05) is 22.8 Å². The van der Waals surface area contributed by atoms with Gasteiger partial charge in [-0.2, -0.15) is 0 Å². The van der Waals surface area contributed by atoms with Crippen LogP contribution in [-0.4, -0.2) is 4.98 Å². The molecule has 2 aromatic heterocycles. The first-order valence-corrected chi connectivity index (χ1v) is 6.69. The number of aromatic nitrogens is 1. The van der Waals surface area contributed by atoms with Crippen LogP contribution in [0.4, 0.5) is 0 Å². The van der Waals surface area contributed by atoms with Gasteiger partial charge in [0.1, 0.15) is 0 Å². The van der Waals surface area contributed by atoms with Crippen LogP contribution in [0.5, 0.6) is 0 Å². The molecular weight excluding hydrogens is 224 g/mol. The first-order chi connectivity index (χ1) is 7.25. The fourth-order valence-corrected chi connectivity index (χ4v) is 2.76. The quantitative estimate of drug-likeness (QED) is 0.883. The fraction of sp³-hybridized carbons (Fsp3) is 0.364. The molecule has 2 aromatic rings. The van der Waals surface area contributed by atoms with Crippen molar-refractivity contribution in [3.63, 3.8) is 0 Å². The van der Waals surface area contributed by atoms with Crippen molar-refractivity contribution in [3.05, 3.63) is 38.5 Å². The van der Waals surface area contributed by atoms with Gasteiger partial charge in [-0.3, -0.25) is 0 Å². The molecule has 0 aromatic carbocycles.